The third kappa shape index (κ3) is 4.02. The van der Waals surface area contributed by atoms with Crippen molar-refractivity contribution in [3.8, 4) is 0 Å². The average Bonchev–Trinajstić information content (AvgIpc) is 2.24. The minimum atomic E-state index is -0.0815. The van der Waals surface area contributed by atoms with Crippen molar-refractivity contribution in [2.45, 2.75) is 18.2 Å². The lowest BCUT2D eigenvalue weighted by atomic mass is 10.2. The largest absolute Gasteiger partial charge is 0.352 e. The molecule has 0 saturated heterocycles. The van der Waals surface area contributed by atoms with Gasteiger partial charge < -0.3 is 5.32 Å². The van der Waals surface area contributed by atoms with Crippen molar-refractivity contribution < 1.29 is 4.79 Å². The molecule has 0 fully saturated rings. The van der Waals surface area contributed by atoms with Crippen LogP contribution in [-0.2, 0) is 0 Å². The number of benzene rings is 1. The van der Waals surface area contributed by atoms with Crippen LogP contribution in [0.15, 0.2) is 39.7 Å². The van der Waals surface area contributed by atoms with E-state index in [-0.39, 0.29) is 5.91 Å². The van der Waals surface area contributed by atoms with Crippen molar-refractivity contribution in [1.29, 1.82) is 0 Å². The van der Waals surface area contributed by atoms with Gasteiger partial charge in [0.25, 0.3) is 5.91 Å². The first kappa shape index (κ1) is 13.3. The Morgan fingerprint density at radius 3 is 2.94 bits per heavy atom. The second-order valence-corrected chi connectivity index (χ2v) is 4.67. The van der Waals surface area contributed by atoms with E-state index in [1.54, 1.807) is 6.07 Å². The summed E-state index contributed by atoms with van der Waals surface area (Å²) in [5.74, 6) is -0.0815. The second-order valence-electron chi connectivity index (χ2n) is 3.28. The highest BCUT2D eigenvalue weighted by Gasteiger charge is 2.08. The molecule has 1 N–H and O–H groups in total. The summed E-state index contributed by atoms with van der Waals surface area (Å²) >= 11 is 7.59. The van der Waals surface area contributed by atoms with Gasteiger partial charge in [0, 0.05) is 15.9 Å². The summed E-state index contributed by atoms with van der Waals surface area (Å²) in [6.07, 6.45) is 4.83. The Balaban J connectivity index is 2.59. The highest BCUT2D eigenvalue weighted by atomic mass is 79.9. The number of allylic oxidation sites excluding steroid dienone is 1. The number of halogens is 1. The predicted octanol–water partition coefficient (Wildman–Crippen LogP) is 3.43. The summed E-state index contributed by atoms with van der Waals surface area (Å²) in [7, 11) is 0. The van der Waals surface area contributed by atoms with Gasteiger partial charge in [-0.05, 0) is 31.5 Å². The van der Waals surface area contributed by atoms with Gasteiger partial charge in [-0.15, -0.1) is 12.6 Å². The quantitative estimate of drug-likeness (QED) is 0.498. The van der Waals surface area contributed by atoms with E-state index in [4.69, 9.17) is 0 Å². The first-order chi connectivity index (χ1) is 7.65. The van der Waals surface area contributed by atoms with Crippen LogP contribution in [0, 0.1) is 0 Å². The number of hydrogen-bond donors (Lipinski definition) is 2. The molecule has 0 heterocycles. The van der Waals surface area contributed by atoms with Gasteiger partial charge in [-0.25, -0.2) is 0 Å². The second kappa shape index (κ2) is 6.76. The van der Waals surface area contributed by atoms with Crippen molar-refractivity contribution in [3.63, 3.8) is 0 Å². The monoisotopic (exact) mass is 299 g/mol. The van der Waals surface area contributed by atoms with E-state index < -0.39 is 0 Å². The third-order valence-corrected chi connectivity index (χ3v) is 2.90. The number of thiol groups is 1. The highest BCUT2D eigenvalue weighted by Crippen LogP contribution is 2.19. The van der Waals surface area contributed by atoms with Gasteiger partial charge in [0.2, 0.25) is 0 Å². The zero-order valence-corrected chi connectivity index (χ0v) is 11.5. The van der Waals surface area contributed by atoms with E-state index in [0.717, 1.165) is 10.9 Å². The lowest BCUT2D eigenvalue weighted by Gasteiger charge is -2.06. The van der Waals surface area contributed by atoms with Gasteiger partial charge in [-0.1, -0.05) is 28.1 Å². The van der Waals surface area contributed by atoms with E-state index in [0.29, 0.717) is 17.0 Å². The predicted molar refractivity (Wildman–Crippen MR) is 73.2 cm³/mol. The van der Waals surface area contributed by atoms with Crippen molar-refractivity contribution >= 4 is 34.5 Å². The first-order valence-electron chi connectivity index (χ1n) is 5.03. The molecule has 4 heteroatoms. The molecule has 1 aromatic carbocycles. The molecule has 0 unspecified atom stereocenters. The summed E-state index contributed by atoms with van der Waals surface area (Å²) in [6.45, 7) is 2.61. The van der Waals surface area contributed by atoms with Crippen LogP contribution in [-0.4, -0.2) is 12.5 Å². The lowest BCUT2D eigenvalue weighted by Crippen LogP contribution is -2.24. The van der Waals surface area contributed by atoms with E-state index in [1.165, 1.54) is 0 Å². The van der Waals surface area contributed by atoms with Crippen LogP contribution in [0.1, 0.15) is 23.7 Å². The molecule has 1 amide bonds. The van der Waals surface area contributed by atoms with Crippen LogP contribution in [0.2, 0.25) is 0 Å². The van der Waals surface area contributed by atoms with Gasteiger partial charge in [0.05, 0.1) is 5.56 Å². The number of hydrogen-bond acceptors (Lipinski definition) is 2. The van der Waals surface area contributed by atoms with Gasteiger partial charge >= 0.3 is 0 Å². The smallest absolute Gasteiger partial charge is 0.252 e. The molecular formula is C12H14BrNOS. The lowest BCUT2D eigenvalue weighted by molar-refractivity contribution is 0.0951. The molecule has 0 aromatic heterocycles. The molecular weight excluding hydrogens is 286 g/mol. The molecule has 0 bridgehead atoms. The number of nitrogens with one attached hydrogen (secondary N) is 1. The third-order valence-electron chi connectivity index (χ3n) is 2.04. The Morgan fingerprint density at radius 1 is 1.56 bits per heavy atom. The zero-order valence-electron chi connectivity index (χ0n) is 9.03. The minimum Gasteiger partial charge on any atom is -0.352 e. The summed E-state index contributed by atoms with van der Waals surface area (Å²) in [4.78, 5) is 12.4. The van der Waals surface area contributed by atoms with Crippen molar-refractivity contribution in [2.75, 3.05) is 6.54 Å². The fourth-order valence-electron chi connectivity index (χ4n) is 1.23. The molecule has 0 aliphatic rings. The molecule has 16 heavy (non-hydrogen) atoms. The molecule has 0 spiro atoms. The fourth-order valence-corrected chi connectivity index (χ4v) is 2.08. The molecule has 0 radical (unpaired) electrons. The maximum Gasteiger partial charge on any atom is 0.252 e. The molecule has 0 saturated carbocycles. The zero-order chi connectivity index (χ0) is 12.0. The average molecular weight is 300 g/mol. The molecule has 1 aromatic rings. The van der Waals surface area contributed by atoms with E-state index in [1.807, 2.05) is 31.2 Å². The Bertz CT molecular complexity index is 404. The van der Waals surface area contributed by atoms with Crippen LogP contribution in [0.4, 0.5) is 0 Å². The van der Waals surface area contributed by atoms with Crippen LogP contribution < -0.4 is 5.32 Å². The van der Waals surface area contributed by atoms with Crippen LogP contribution in [0.3, 0.4) is 0 Å². The molecule has 0 atom stereocenters. The standard InChI is InChI=1S/C12H14BrNOS/c1-2-3-4-7-14-12(15)10-6-5-9(13)8-11(10)16/h2-3,5-6,8,16H,4,7H2,1H3,(H,14,15)/b3-2+. The van der Waals surface area contributed by atoms with E-state index in [9.17, 15) is 4.79 Å². The fraction of sp³-hybridized carbons (Fsp3) is 0.250. The SMILES string of the molecule is C/C=C/CCNC(=O)c1ccc(Br)cc1S. The van der Waals surface area contributed by atoms with Gasteiger partial charge in [-0.3, -0.25) is 4.79 Å². The van der Waals surface area contributed by atoms with Crippen molar-refractivity contribution in [2.24, 2.45) is 0 Å². The molecule has 1 rings (SSSR count). The number of carbonyl (C=O) groups excluding carboxylic acids is 1. The Kier molecular flexibility index (Phi) is 5.63. The summed E-state index contributed by atoms with van der Waals surface area (Å²) < 4.78 is 0.919. The number of amides is 1. The van der Waals surface area contributed by atoms with Crippen molar-refractivity contribution in [1.82, 2.24) is 5.32 Å². The van der Waals surface area contributed by atoms with Crippen LogP contribution in [0.5, 0.6) is 0 Å². The van der Waals surface area contributed by atoms with Crippen LogP contribution in [0.25, 0.3) is 0 Å². The number of carbonyl (C=O) groups is 1. The molecule has 0 aliphatic heterocycles. The van der Waals surface area contributed by atoms with Crippen LogP contribution >= 0.6 is 28.6 Å². The maximum absolute atomic E-state index is 11.7. The summed E-state index contributed by atoms with van der Waals surface area (Å²) in [5, 5.41) is 2.84. The molecule has 86 valence electrons. The van der Waals surface area contributed by atoms with Gasteiger partial charge in [-0.2, -0.15) is 0 Å². The summed E-state index contributed by atoms with van der Waals surface area (Å²) in [5.41, 5.74) is 0.604. The highest BCUT2D eigenvalue weighted by molar-refractivity contribution is 9.10. The molecule has 0 aliphatic carbocycles. The normalized spacial score (nSPS) is 10.7. The Hall–Kier alpha value is -0.740. The van der Waals surface area contributed by atoms with E-state index in [2.05, 4.69) is 33.9 Å². The van der Waals surface area contributed by atoms with Crippen molar-refractivity contribution in [3.05, 3.63) is 40.4 Å². The molecule has 2 nitrogen and oxygen atoms in total. The van der Waals surface area contributed by atoms with Gasteiger partial charge in [0.15, 0.2) is 0 Å². The topological polar surface area (TPSA) is 29.1 Å². The Morgan fingerprint density at radius 2 is 2.31 bits per heavy atom. The summed E-state index contributed by atoms with van der Waals surface area (Å²) in [6, 6.07) is 5.40. The van der Waals surface area contributed by atoms with E-state index >= 15 is 0 Å². The minimum absolute atomic E-state index is 0.0815. The Labute approximate surface area is 110 Å². The maximum atomic E-state index is 11.7. The number of rotatable bonds is 4. The van der Waals surface area contributed by atoms with Gasteiger partial charge in [0.1, 0.15) is 0 Å². The first-order valence-corrected chi connectivity index (χ1v) is 6.27.